The molecule has 1 unspecified atom stereocenters. The van der Waals surface area contributed by atoms with Crippen LogP contribution in [-0.4, -0.2) is 47.2 Å². The predicted octanol–water partition coefficient (Wildman–Crippen LogP) is 5.48. The largest absolute Gasteiger partial charge is 0.474 e. The highest BCUT2D eigenvalue weighted by Crippen LogP contribution is 2.44. The average molecular weight is 533 g/mol. The Bertz CT molecular complexity index is 1160. The molecule has 2 aliphatic carbocycles. The molecule has 1 saturated heterocycles. The number of carbonyl (C=O) groups excluding carboxylic acids is 1. The van der Waals surface area contributed by atoms with E-state index in [4.69, 9.17) is 14.2 Å². The van der Waals surface area contributed by atoms with E-state index in [1.807, 2.05) is 67.6 Å². The van der Waals surface area contributed by atoms with E-state index in [9.17, 15) is 15.0 Å². The number of aryl methyl sites for hydroxylation is 1. The van der Waals surface area contributed by atoms with Crippen molar-refractivity contribution in [2.45, 2.75) is 76.5 Å². The molecule has 208 valence electrons. The Labute approximate surface area is 231 Å². The Kier molecular flexibility index (Phi) is 8.85. The molecule has 0 radical (unpaired) electrons. The van der Waals surface area contributed by atoms with Crippen molar-refractivity contribution in [2.24, 2.45) is 17.8 Å². The van der Waals surface area contributed by atoms with Crippen LogP contribution in [0.3, 0.4) is 0 Å². The van der Waals surface area contributed by atoms with Crippen LogP contribution in [0, 0.1) is 24.7 Å². The van der Waals surface area contributed by atoms with Gasteiger partial charge in [0.1, 0.15) is 11.9 Å². The molecule has 6 heteroatoms. The van der Waals surface area contributed by atoms with Crippen LogP contribution in [0.25, 0.3) is 0 Å². The van der Waals surface area contributed by atoms with Crippen LogP contribution >= 0.6 is 0 Å². The summed E-state index contributed by atoms with van der Waals surface area (Å²) in [7, 11) is 0. The van der Waals surface area contributed by atoms with Crippen molar-refractivity contribution in [3.63, 3.8) is 0 Å². The second-order valence-electron chi connectivity index (χ2n) is 11.3. The summed E-state index contributed by atoms with van der Waals surface area (Å²) in [6.07, 6.45) is 7.26. The molecule has 2 aromatic carbocycles. The highest BCUT2D eigenvalue weighted by molar-refractivity contribution is 5.77. The summed E-state index contributed by atoms with van der Waals surface area (Å²) < 4.78 is 18.4. The van der Waals surface area contributed by atoms with Crippen molar-refractivity contribution in [1.82, 2.24) is 0 Å². The Morgan fingerprint density at radius 2 is 1.82 bits per heavy atom. The average Bonchev–Trinajstić information content (AvgIpc) is 2.92. The minimum Gasteiger partial charge on any atom is -0.474 e. The molecule has 0 aromatic heterocycles. The van der Waals surface area contributed by atoms with Crippen LogP contribution < -0.4 is 4.74 Å². The molecule has 1 aliphatic heterocycles. The molecule has 5 rings (SSSR count). The number of carbonyl (C=O) groups is 1. The van der Waals surface area contributed by atoms with Crippen LogP contribution in [0.1, 0.15) is 56.3 Å². The second kappa shape index (κ2) is 12.5. The maximum absolute atomic E-state index is 13.8. The predicted molar refractivity (Wildman–Crippen MR) is 149 cm³/mol. The SMILES string of the molecule is Cc1ccc(OC(C(=O)O[C@H]2C[C@H](O)C=C3C=C[C@H](C)[C@H](CC[C@@H]4C[C@H](O)CCO4)[C@H]32)c2ccccc2)cc1. The fourth-order valence-electron chi connectivity index (χ4n) is 6.27. The zero-order valence-electron chi connectivity index (χ0n) is 22.8. The highest BCUT2D eigenvalue weighted by atomic mass is 16.6. The van der Waals surface area contributed by atoms with Gasteiger partial charge in [0.2, 0.25) is 6.10 Å². The van der Waals surface area contributed by atoms with E-state index in [0.29, 0.717) is 31.6 Å². The van der Waals surface area contributed by atoms with Gasteiger partial charge in [0, 0.05) is 24.5 Å². The molecule has 6 nitrogen and oxygen atoms in total. The molecule has 8 atom stereocenters. The number of hydrogen-bond donors (Lipinski definition) is 2. The van der Waals surface area contributed by atoms with Crippen molar-refractivity contribution < 1.29 is 29.2 Å². The number of ether oxygens (including phenoxy) is 3. The molecule has 0 spiro atoms. The lowest BCUT2D eigenvalue weighted by Crippen LogP contribution is -2.43. The van der Waals surface area contributed by atoms with Crippen molar-refractivity contribution in [1.29, 1.82) is 0 Å². The molecular formula is C33H40O6. The van der Waals surface area contributed by atoms with Crippen molar-refractivity contribution in [3.8, 4) is 5.75 Å². The van der Waals surface area contributed by atoms with E-state index in [1.54, 1.807) is 0 Å². The van der Waals surface area contributed by atoms with E-state index in [-0.39, 0.29) is 30.0 Å². The summed E-state index contributed by atoms with van der Waals surface area (Å²) in [5, 5.41) is 20.8. The quantitative estimate of drug-likeness (QED) is 0.438. The molecule has 0 saturated carbocycles. The molecule has 3 aliphatic rings. The van der Waals surface area contributed by atoms with Gasteiger partial charge < -0.3 is 24.4 Å². The fourth-order valence-corrected chi connectivity index (χ4v) is 6.27. The van der Waals surface area contributed by atoms with Crippen LogP contribution in [0.4, 0.5) is 0 Å². The van der Waals surface area contributed by atoms with Crippen LogP contribution in [0.2, 0.25) is 0 Å². The van der Waals surface area contributed by atoms with Crippen molar-refractivity contribution in [3.05, 3.63) is 89.5 Å². The standard InChI is InChI=1S/C33H40O6/c1-21-8-12-27(13-9-21)38-32(23-6-4-3-5-7-23)33(36)39-30-20-26(35)18-24-11-10-22(2)29(31(24)30)15-14-28-19-25(34)16-17-37-28/h3-13,18,22,25-26,28-32,34-35H,14-17,19-20H2,1-2H3/t22-,25+,26+,28+,29-,30-,31-,32?/m0/s1. The van der Waals surface area contributed by atoms with E-state index in [1.165, 1.54) is 0 Å². The van der Waals surface area contributed by atoms with E-state index >= 15 is 0 Å². The number of allylic oxidation sites excluding steroid dienone is 2. The van der Waals surface area contributed by atoms with E-state index in [0.717, 1.165) is 29.5 Å². The smallest absolute Gasteiger partial charge is 0.352 e. The lowest BCUT2D eigenvalue weighted by atomic mass is 9.66. The zero-order chi connectivity index (χ0) is 27.4. The minimum absolute atomic E-state index is 0.0262. The van der Waals surface area contributed by atoms with Gasteiger partial charge in [-0.3, -0.25) is 0 Å². The first-order valence-corrected chi connectivity index (χ1v) is 14.2. The third-order valence-corrected chi connectivity index (χ3v) is 8.39. The molecule has 2 N–H and O–H groups in total. The van der Waals surface area contributed by atoms with Crippen molar-refractivity contribution >= 4 is 5.97 Å². The zero-order valence-corrected chi connectivity index (χ0v) is 22.8. The maximum atomic E-state index is 13.8. The summed E-state index contributed by atoms with van der Waals surface area (Å²) in [5.41, 5.74) is 2.85. The molecule has 39 heavy (non-hydrogen) atoms. The Hall–Kier alpha value is -2.93. The summed E-state index contributed by atoms with van der Waals surface area (Å²) in [6, 6.07) is 17.0. The number of aliphatic hydroxyl groups is 2. The molecule has 1 fully saturated rings. The number of rotatable bonds is 8. The number of hydrogen-bond acceptors (Lipinski definition) is 6. The van der Waals surface area contributed by atoms with E-state index < -0.39 is 24.3 Å². The second-order valence-corrected chi connectivity index (χ2v) is 11.3. The van der Waals surface area contributed by atoms with Gasteiger partial charge in [-0.2, -0.15) is 0 Å². The number of esters is 1. The number of fused-ring (bicyclic) bond motifs is 1. The Morgan fingerprint density at radius 1 is 1.05 bits per heavy atom. The van der Waals surface area contributed by atoms with Crippen LogP contribution in [-0.2, 0) is 14.3 Å². The monoisotopic (exact) mass is 532 g/mol. The molecule has 0 bridgehead atoms. The molecule has 0 amide bonds. The van der Waals surface area contributed by atoms with Crippen LogP contribution in [0.5, 0.6) is 5.75 Å². The third-order valence-electron chi connectivity index (χ3n) is 8.39. The van der Waals surface area contributed by atoms with Gasteiger partial charge in [-0.15, -0.1) is 0 Å². The fraction of sp³-hybridized carbons (Fsp3) is 0.485. The summed E-state index contributed by atoms with van der Waals surface area (Å²) in [6.45, 7) is 4.80. The normalized spacial score (nSPS) is 31.1. The Morgan fingerprint density at radius 3 is 2.56 bits per heavy atom. The number of aliphatic hydroxyl groups excluding tert-OH is 2. The first-order chi connectivity index (χ1) is 18.9. The highest BCUT2D eigenvalue weighted by Gasteiger charge is 2.43. The molecule has 1 heterocycles. The van der Waals surface area contributed by atoms with Crippen LogP contribution in [0.15, 0.2) is 78.4 Å². The summed E-state index contributed by atoms with van der Waals surface area (Å²) in [4.78, 5) is 13.8. The van der Waals surface area contributed by atoms with Gasteiger partial charge in [0.05, 0.1) is 18.3 Å². The molecular weight excluding hydrogens is 492 g/mol. The first-order valence-electron chi connectivity index (χ1n) is 14.2. The topological polar surface area (TPSA) is 85.2 Å². The minimum atomic E-state index is -0.924. The lowest BCUT2D eigenvalue weighted by Gasteiger charge is -2.43. The summed E-state index contributed by atoms with van der Waals surface area (Å²) >= 11 is 0. The van der Waals surface area contributed by atoms with Gasteiger partial charge in [-0.05, 0) is 62.1 Å². The van der Waals surface area contributed by atoms with Crippen molar-refractivity contribution in [2.75, 3.05) is 6.61 Å². The van der Waals surface area contributed by atoms with Gasteiger partial charge >= 0.3 is 5.97 Å². The molecule has 2 aromatic rings. The lowest BCUT2D eigenvalue weighted by molar-refractivity contribution is -0.163. The maximum Gasteiger partial charge on any atom is 0.352 e. The summed E-state index contributed by atoms with van der Waals surface area (Å²) in [5.74, 6) is 0.618. The van der Waals surface area contributed by atoms with E-state index in [2.05, 4.69) is 19.1 Å². The number of benzene rings is 2. The van der Waals surface area contributed by atoms with Gasteiger partial charge in [-0.25, -0.2) is 4.79 Å². The van der Waals surface area contributed by atoms with Gasteiger partial charge in [0.15, 0.2) is 0 Å². The van der Waals surface area contributed by atoms with Gasteiger partial charge in [-0.1, -0.05) is 73.2 Å². The Balaban J connectivity index is 1.36. The van der Waals surface area contributed by atoms with Gasteiger partial charge in [0.25, 0.3) is 0 Å². The third kappa shape index (κ3) is 6.81. The first kappa shape index (κ1) is 27.6.